The molecule has 13 N–H and O–H groups in total. The van der Waals surface area contributed by atoms with Gasteiger partial charge in [-0.05, 0) is 0 Å². The van der Waals surface area contributed by atoms with E-state index in [0.717, 1.165) is 12.7 Å². The Kier molecular flexibility index (Phi) is 10.2. The van der Waals surface area contributed by atoms with Gasteiger partial charge in [-0.25, -0.2) is 28.6 Å². The number of aliphatic imine (C=N–C) groups is 1. The number of nitrogens with two attached hydrogens (primary N) is 2. The predicted molar refractivity (Wildman–Crippen MR) is 157 cm³/mol. The van der Waals surface area contributed by atoms with Crippen LogP contribution in [-0.4, -0.2) is 146 Å². The molecule has 4 aliphatic heterocycles. The SMILES string of the molecule is Nc1ncnc2c1ncn2[C@@H]1O[C@H](COP(=O)(O)OP(=O)(OC[C@H]2O[C@@H](N3C=NC4C(=O)NC(N)NC43)[C@H](O)[C@@H]2O)OP(=O)(O)O)[C@@H](O)[C@H]1O. The molecular formula is C20H31N10O17P3. The van der Waals surface area contributed by atoms with E-state index in [4.69, 9.17) is 30.0 Å². The molecule has 0 radical (unpaired) electrons. The number of imidazole rings is 1. The summed E-state index contributed by atoms with van der Waals surface area (Å²) >= 11 is 0. The monoisotopic (exact) mass is 776 g/mol. The van der Waals surface area contributed by atoms with Crippen LogP contribution in [0, 0.1) is 0 Å². The van der Waals surface area contributed by atoms with Crippen molar-refractivity contribution in [3.8, 4) is 0 Å². The lowest BCUT2D eigenvalue weighted by atomic mass is 10.1. The second kappa shape index (κ2) is 13.7. The van der Waals surface area contributed by atoms with Gasteiger partial charge in [0, 0.05) is 0 Å². The summed E-state index contributed by atoms with van der Waals surface area (Å²) in [6, 6.07) is -1.01. The topological polar surface area (TPSA) is 401 Å². The third kappa shape index (κ3) is 7.47. The summed E-state index contributed by atoms with van der Waals surface area (Å²) in [6.07, 6.45) is -11.5. The fourth-order valence-electron chi connectivity index (χ4n) is 5.48. The minimum atomic E-state index is -5.81. The van der Waals surface area contributed by atoms with Gasteiger partial charge in [0.1, 0.15) is 60.9 Å². The van der Waals surface area contributed by atoms with Crippen LogP contribution in [0.4, 0.5) is 5.82 Å². The lowest BCUT2D eigenvalue weighted by molar-refractivity contribution is -0.130. The van der Waals surface area contributed by atoms with Crippen molar-refractivity contribution in [2.24, 2.45) is 10.7 Å². The van der Waals surface area contributed by atoms with Crippen molar-refractivity contribution in [3.05, 3.63) is 12.7 Å². The maximum atomic E-state index is 13.2. The number of nitrogens with one attached hydrogen (secondary N) is 2. The van der Waals surface area contributed by atoms with E-state index in [2.05, 4.69) is 39.2 Å². The Morgan fingerprint density at radius 3 is 2.22 bits per heavy atom. The Morgan fingerprint density at radius 2 is 1.54 bits per heavy atom. The molecule has 278 valence electrons. The third-order valence-electron chi connectivity index (χ3n) is 7.74. The third-order valence-corrected chi connectivity index (χ3v) is 12.0. The van der Waals surface area contributed by atoms with E-state index in [-0.39, 0.29) is 17.0 Å². The van der Waals surface area contributed by atoms with Gasteiger partial charge in [0.25, 0.3) is 5.91 Å². The number of rotatable bonds is 12. The molecule has 0 saturated carbocycles. The Bertz CT molecular complexity index is 1780. The number of phosphoric acid groups is 3. The average molecular weight is 776 g/mol. The van der Waals surface area contributed by atoms with Crippen LogP contribution >= 0.6 is 23.5 Å². The summed E-state index contributed by atoms with van der Waals surface area (Å²) in [5.41, 5.74) is 11.7. The van der Waals surface area contributed by atoms with Gasteiger partial charge in [-0.2, -0.15) is 8.62 Å². The molecule has 3 saturated heterocycles. The van der Waals surface area contributed by atoms with Crippen molar-refractivity contribution in [3.63, 3.8) is 0 Å². The minimum absolute atomic E-state index is 0.00537. The van der Waals surface area contributed by atoms with Gasteiger partial charge in [0.05, 0.1) is 25.9 Å². The summed E-state index contributed by atoms with van der Waals surface area (Å²) in [4.78, 5) is 58.1. The molecule has 4 aliphatic rings. The van der Waals surface area contributed by atoms with Crippen LogP contribution in [-0.2, 0) is 45.6 Å². The van der Waals surface area contributed by atoms with Crippen LogP contribution in [0.1, 0.15) is 6.23 Å². The highest BCUT2D eigenvalue weighted by Crippen LogP contribution is 2.69. The molecule has 13 atom stereocenters. The smallest absolute Gasteiger partial charge is 0.387 e. The van der Waals surface area contributed by atoms with Crippen molar-refractivity contribution in [1.29, 1.82) is 0 Å². The molecule has 0 bridgehead atoms. The number of carbonyl (C=O) groups is 1. The van der Waals surface area contributed by atoms with Gasteiger partial charge >= 0.3 is 23.5 Å². The molecule has 50 heavy (non-hydrogen) atoms. The lowest BCUT2D eigenvalue weighted by Crippen LogP contribution is -2.70. The summed E-state index contributed by atoms with van der Waals surface area (Å²) in [6.45, 7) is -2.18. The van der Waals surface area contributed by atoms with Gasteiger partial charge in [-0.15, -0.1) is 0 Å². The zero-order valence-corrected chi connectivity index (χ0v) is 27.6. The van der Waals surface area contributed by atoms with Crippen molar-refractivity contribution in [2.75, 3.05) is 18.9 Å². The fourth-order valence-corrected chi connectivity index (χ4v) is 9.15. The van der Waals surface area contributed by atoms with Crippen molar-refractivity contribution in [1.82, 2.24) is 35.1 Å². The van der Waals surface area contributed by atoms with Gasteiger partial charge in [0.2, 0.25) is 0 Å². The van der Waals surface area contributed by atoms with Crippen molar-refractivity contribution >= 4 is 52.7 Å². The Hall–Kier alpha value is -2.62. The first kappa shape index (κ1) is 37.1. The maximum Gasteiger partial charge on any atom is 0.492 e. The van der Waals surface area contributed by atoms with Crippen molar-refractivity contribution < 1.29 is 80.7 Å². The van der Waals surface area contributed by atoms with E-state index in [1.54, 1.807) is 0 Å². The summed E-state index contributed by atoms with van der Waals surface area (Å²) < 4.78 is 67.9. The van der Waals surface area contributed by atoms with Gasteiger partial charge in [-0.1, -0.05) is 0 Å². The molecule has 0 spiro atoms. The highest BCUT2D eigenvalue weighted by molar-refractivity contribution is 7.67. The number of nitrogen functional groups attached to an aromatic ring is 1. The maximum absolute atomic E-state index is 13.2. The number of ether oxygens (including phenoxy) is 2. The van der Waals surface area contributed by atoms with Crippen LogP contribution in [0.25, 0.3) is 11.2 Å². The fraction of sp³-hybridized carbons (Fsp3) is 0.650. The van der Waals surface area contributed by atoms with Crippen LogP contribution in [0.15, 0.2) is 17.6 Å². The standard InChI is InChI=1S/C20H31N10O17P3/c21-14-8-15(24-3-23-14)29(4-25-8)18-12(33)10(31)6(44-18)1-42-49(39,40)47-50(41,46-48(36,37)38)43-2-7-11(32)13(34)19(45-7)30-5-26-9-16(30)27-20(22)28-17(9)35/h3-7,9-13,16,18-20,27,31-34H,1-2,22H2,(H,28,35)(H,39,40)(H2,21,23,24)(H2,36,37,38)/t6-,7-,9?,10-,11-,12-,13-,16?,18-,19-,20?,50?/m1/s1. The second-order valence-corrected chi connectivity index (χ2v) is 15.7. The number of aliphatic hydroxyl groups excluding tert-OH is 4. The van der Waals surface area contributed by atoms with Crippen LogP contribution in [0.3, 0.4) is 0 Å². The number of aliphatic hydroxyl groups is 4. The summed E-state index contributed by atoms with van der Waals surface area (Å²) in [5, 5.41) is 47.5. The van der Waals surface area contributed by atoms with E-state index in [9.17, 15) is 53.6 Å². The van der Waals surface area contributed by atoms with E-state index < -0.39 is 110 Å². The minimum Gasteiger partial charge on any atom is -0.387 e. The number of phosphoric ester groups is 1. The molecule has 2 aromatic rings. The molecule has 5 unspecified atom stereocenters. The molecule has 1 amide bonds. The number of fused-ring (bicyclic) bond motifs is 2. The number of carbonyl (C=O) groups excluding carboxylic acids is 1. The molecule has 6 heterocycles. The van der Waals surface area contributed by atoms with E-state index in [1.165, 1.54) is 15.8 Å². The number of aromatic nitrogens is 4. The number of nitrogens with zero attached hydrogens (tertiary/aromatic N) is 6. The Labute approximate surface area is 278 Å². The van der Waals surface area contributed by atoms with Crippen LogP contribution < -0.4 is 22.1 Å². The summed E-state index contributed by atoms with van der Waals surface area (Å²) in [5.74, 6) is -0.542. The first-order valence-electron chi connectivity index (χ1n) is 14.2. The predicted octanol–water partition coefficient (Wildman–Crippen LogP) is -5.16. The summed E-state index contributed by atoms with van der Waals surface area (Å²) in [7, 11) is -17.3. The Balaban J connectivity index is 1.09. The lowest BCUT2D eigenvalue weighted by Gasteiger charge is -2.38. The van der Waals surface area contributed by atoms with E-state index >= 15 is 0 Å². The second-order valence-electron chi connectivity index (χ2n) is 11.1. The number of anilines is 1. The highest BCUT2D eigenvalue weighted by Gasteiger charge is 2.53. The van der Waals surface area contributed by atoms with Gasteiger partial charge in [-0.3, -0.25) is 34.5 Å². The number of amides is 1. The Morgan fingerprint density at radius 1 is 0.900 bits per heavy atom. The first-order valence-corrected chi connectivity index (χ1v) is 18.6. The zero-order valence-electron chi connectivity index (χ0n) is 24.9. The quantitative estimate of drug-likeness (QED) is 0.0898. The molecule has 0 aromatic carbocycles. The molecular weight excluding hydrogens is 745 g/mol. The van der Waals surface area contributed by atoms with E-state index in [0.29, 0.717) is 0 Å². The average Bonchev–Trinajstić information content (AvgIpc) is 3.76. The number of hydrogen-bond acceptors (Lipinski definition) is 22. The van der Waals surface area contributed by atoms with E-state index in [1.807, 2.05) is 0 Å². The largest absolute Gasteiger partial charge is 0.492 e. The number of hydrogen-bond donors (Lipinski definition) is 11. The zero-order chi connectivity index (χ0) is 36.3. The molecule has 6 rings (SSSR count). The van der Waals surface area contributed by atoms with Crippen LogP contribution in [0.5, 0.6) is 0 Å². The molecule has 0 aliphatic carbocycles. The molecule has 30 heteroatoms. The van der Waals surface area contributed by atoms with Crippen LogP contribution in [0.2, 0.25) is 0 Å². The molecule has 27 nitrogen and oxygen atoms in total. The molecule has 3 fully saturated rings. The normalized spacial score (nSPS) is 36.8. The first-order chi connectivity index (χ1) is 23.4. The van der Waals surface area contributed by atoms with Crippen molar-refractivity contribution in [2.45, 2.75) is 67.6 Å². The van der Waals surface area contributed by atoms with Gasteiger partial charge < -0.3 is 60.5 Å². The molecule has 2 aromatic heterocycles. The van der Waals surface area contributed by atoms with Gasteiger partial charge in [0.15, 0.2) is 30.0 Å². The highest BCUT2D eigenvalue weighted by atomic mass is 31.3.